The molecule has 2 heterocycles. The highest BCUT2D eigenvalue weighted by molar-refractivity contribution is 7.13. The van der Waals surface area contributed by atoms with Gasteiger partial charge in [0.05, 0.1) is 17.5 Å². The average molecular weight is 423 g/mol. The Hall–Kier alpha value is -3.19. The Morgan fingerprint density at radius 3 is 2.63 bits per heavy atom. The number of fused-ring (bicyclic) bond motifs is 1. The summed E-state index contributed by atoms with van der Waals surface area (Å²) in [4.78, 5) is 31.3. The van der Waals surface area contributed by atoms with E-state index in [4.69, 9.17) is 14.5 Å². The standard InChI is InChI=1S/C23H22N2O4S/c1-14(2)29-23(27)15(3)25-19-11-17(9-10-20(19)28-12-21(25)26)18-13-30-22(24-18)16-7-5-4-6-8-16/h4-11,13-15H,12H2,1-3H3. The van der Waals surface area contributed by atoms with Crippen molar-refractivity contribution in [3.63, 3.8) is 0 Å². The molecule has 6 nitrogen and oxygen atoms in total. The number of thiazole rings is 1. The van der Waals surface area contributed by atoms with Gasteiger partial charge >= 0.3 is 5.97 Å². The second-order valence-electron chi connectivity index (χ2n) is 7.30. The molecule has 1 unspecified atom stereocenters. The number of esters is 1. The Morgan fingerprint density at radius 2 is 1.90 bits per heavy atom. The lowest BCUT2D eigenvalue weighted by atomic mass is 10.1. The van der Waals surface area contributed by atoms with Crippen molar-refractivity contribution in [1.82, 2.24) is 4.98 Å². The van der Waals surface area contributed by atoms with Gasteiger partial charge in [-0.1, -0.05) is 30.3 Å². The Morgan fingerprint density at radius 1 is 1.13 bits per heavy atom. The molecule has 0 saturated heterocycles. The fraction of sp³-hybridized carbons (Fsp3) is 0.261. The minimum absolute atomic E-state index is 0.111. The maximum atomic E-state index is 12.6. The van der Waals surface area contributed by atoms with Crippen LogP contribution in [0.3, 0.4) is 0 Å². The zero-order chi connectivity index (χ0) is 21.3. The summed E-state index contributed by atoms with van der Waals surface area (Å²) in [6.45, 7) is 5.12. The van der Waals surface area contributed by atoms with Gasteiger partial charge in [0.1, 0.15) is 16.8 Å². The molecule has 0 radical (unpaired) electrons. The van der Waals surface area contributed by atoms with Gasteiger partial charge in [-0.15, -0.1) is 11.3 Å². The maximum Gasteiger partial charge on any atom is 0.329 e. The third-order valence-corrected chi connectivity index (χ3v) is 5.63. The number of nitrogens with zero attached hydrogens (tertiary/aromatic N) is 2. The smallest absolute Gasteiger partial charge is 0.329 e. The molecule has 1 aromatic heterocycles. The molecule has 0 spiro atoms. The third-order valence-electron chi connectivity index (χ3n) is 4.74. The Labute approximate surface area is 179 Å². The minimum Gasteiger partial charge on any atom is -0.482 e. The SMILES string of the molecule is CC(C)OC(=O)C(C)N1C(=O)COc2ccc(-c3csc(-c4ccccc4)n3)cc21. The van der Waals surface area contributed by atoms with Gasteiger partial charge in [0.2, 0.25) is 0 Å². The van der Waals surface area contributed by atoms with Crippen molar-refractivity contribution in [3.05, 3.63) is 53.9 Å². The van der Waals surface area contributed by atoms with Crippen LogP contribution in [-0.2, 0) is 14.3 Å². The van der Waals surface area contributed by atoms with E-state index in [2.05, 4.69) is 0 Å². The van der Waals surface area contributed by atoms with Crippen LogP contribution in [0.25, 0.3) is 21.8 Å². The van der Waals surface area contributed by atoms with Gasteiger partial charge in [0.25, 0.3) is 5.91 Å². The summed E-state index contributed by atoms with van der Waals surface area (Å²) in [5, 5.41) is 2.90. The van der Waals surface area contributed by atoms with Crippen LogP contribution in [0.2, 0.25) is 0 Å². The van der Waals surface area contributed by atoms with Gasteiger partial charge in [-0.25, -0.2) is 9.78 Å². The molecule has 1 aliphatic heterocycles. The molecule has 2 aromatic carbocycles. The monoisotopic (exact) mass is 422 g/mol. The molecular weight excluding hydrogens is 400 g/mol. The molecule has 7 heteroatoms. The van der Waals surface area contributed by atoms with Crippen molar-refractivity contribution in [3.8, 4) is 27.6 Å². The molecule has 3 aromatic rings. The van der Waals surface area contributed by atoms with E-state index in [1.165, 1.54) is 4.90 Å². The van der Waals surface area contributed by atoms with E-state index in [-0.39, 0.29) is 18.6 Å². The number of hydrogen-bond acceptors (Lipinski definition) is 6. The van der Waals surface area contributed by atoms with E-state index in [1.54, 1.807) is 32.1 Å². The molecule has 0 N–H and O–H groups in total. The first-order chi connectivity index (χ1) is 14.4. The van der Waals surface area contributed by atoms with E-state index >= 15 is 0 Å². The summed E-state index contributed by atoms with van der Waals surface area (Å²) in [6.07, 6.45) is -0.256. The van der Waals surface area contributed by atoms with Crippen molar-refractivity contribution in [2.24, 2.45) is 0 Å². The molecule has 154 valence electrons. The number of benzene rings is 2. The maximum absolute atomic E-state index is 12.6. The second-order valence-corrected chi connectivity index (χ2v) is 8.16. The molecule has 30 heavy (non-hydrogen) atoms. The van der Waals surface area contributed by atoms with Crippen LogP contribution in [0.15, 0.2) is 53.9 Å². The largest absolute Gasteiger partial charge is 0.482 e. The Kier molecular flexibility index (Phi) is 5.55. The molecule has 1 amide bonds. The van der Waals surface area contributed by atoms with Crippen molar-refractivity contribution < 1.29 is 19.1 Å². The summed E-state index contributed by atoms with van der Waals surface area (Å²) in [7, 11) is 0. The zero-order valence-corrected chi connectivity index (χ0v) is 17.8. The first-order valence-corrected chi connectivity index (χ1v) is 10.6. The van der Waals surface area contributed by atoms with Gasteiger partial charge < -0.3 is 9.47 Å². The highest BCUT2D eigenvalue weighted by Gasteiger charge is 2.34. The zero-order valence-electron chi connectivity index (χ0n) is 17.0. The van der Waals surface area contributed by atoms with Gasteiger partial charge in [-0.2, -0.15) is 0 Å². The molecular formula is C23H22N2O4S. The number of carbonyl (C=O) groups excluding carboxylic acids is 2. The summed E-state index contributed by atoms with van der Waals surface area (Å²) in [6, 6.07) is 14.8. The van der Waals surface area contributed by atoms with Crippen LogP contribution >= 0.6 is 11.3 Å². The lowest BCUT2D eigenvalue weighted by molar-refractivity contribution is -0.149. The number of carbonyl (C=O) groups is 2. The van der Waals surface area contributed by atoms with Crippen LogP contribution in [0, 0.1) is 0 Å². The van der Waals surface area contributed by atoms with Crippen LogP contribution in [-0.4, -0.2) is 35.6 Å². The number of hydrogen-bond donors (Lipinski definition) is 0. The average Bonchev–Trinajstić information content (AvgIpc) is 3.23. The van der Waals surface area contributed by atoms with E-state index in [1.807, 2.05) is 53.9 Å². The number of ether oxygens (including phenoxy) is 2. The number of aromatic nitrogens is 1. The predicted molar refractivity (Wildman–Crippen MR) is 117 cm³/mol. The number of amides is 1. The highest BCUT2D eigenvalue weighted by atomic mass is 32.1. The third kappa shape index (κ3) is 3.93. The number of anilines is 1. The summed E-state index contributed by atoms with van der Waals surface area (Å²) in [5.41, 5.74) is 3.25. The van der Waals surface area contributed by atoms with Crippen molar-refractivity contribution in [1.29, 1.82) is 0 Å². The fourth-order valence-corrected chi connectivity index (χ4v) is 4.15. The van der Waals surface area contributed by atoms with Crippen LogP contribution < -0.4 is 9.64 Å². The normalized spacial score (nSPS) is 14.3. The van der Waals surface area contributed by atoms with E-state index in [9.17, 15) is 9.59 Å². The summed E-state index contributed by atoms with van der Waals surface area (Å²) >= 11 is 1.56. The second kappa shape index (κ2) is 8.28. The molecule has 1 atom stereocenters. The van der Waals surface area contributed by atoms with E-state index in [0.717, 1.165) is 21.8 Å². The molecule has 0 aliphatic carbocycles. The van der Waals surface area contributed by atoms with Crippen LogP contribution in [0.4, 0.5) is 5.69 Å². The van der Waals surface area contributed by atoms with Gasteiger partial charge in [-0.05, 0) is 39.0 Å². The fourth-order valence-electron chi connectivity index (χ4n) is 3.31. The summed E-state index contributed by atoms with van der Waals surface area (Å²) in [5.74, 6) is -0.172. The van der Waals surface area contributed by atoms with Gasteiger partial charge in [-0.3, -0.25) is 9.69 Å². The Balaban J connectivity index is 1.68. The Bertz CT molecular complexity index is 1080. The number of rotatable bonds is 5. The minimum atomic E-state index is -0.756. The lowest BCUT2D eigenvalue weighted by Gasteiger charge is -2.33. The molecule has 4 rings (SSSR count). The van der Waals surface area contributed by atoms with Crippen molar-refractivity contribution >= 4 is 28.9 Å². The highest BCUT2D eigenvalue weighted by Crippen LogP contribution is 2.38. The van der Waals surface area contributed by atoms with Gasteiger partial charge in [0.15, 0.2) is 6.61 Å². The van der Waals surface area contributed by atoms with Crippen molar-refractivity contribution in [2.45, 2.75) is 32.9 Å². The van der Waals surface area contributed by atoms with Gasteiger partial charge in [0, 0.05) is 16.5 Å². The van der Waals surface area contributed by atoms with Crippen molar-refractivity contribution in [2.75, 3.05) is 11.5 Å². The lowest BCUT2D eigenvalue weighted by Crippen LogP contribution is -2.49. The topological polar surface area (TPSA) is 68.7 Å². The first kappa shape index (κ1) is 20.1. The molecule has 0 bridgehead atoms. The van der Waals surface area contributed by atoms with E-state index in [0.29, 0.717) is 11.4 Å². The quantitative estimate of drug-likeness (QED) is 0.565. The molecule has 0 fully saturated rings. The first-order valence-electron chi connectivity index (χ1n) is 9.74. The van der Waals surface area contributed by atoms with Crippen LogP contribution in [0.1, 0.15) is 20.8 Å². The summed E-state index contributed by atoms with van der Waals surface area (Å²) < 4.78 is 10.9. The predicted octanol–water partition coefficient (Wildman–Crippen LogP) is 4.54. The van der Waals surface area contributed by atoms with E-state index < -0.39 is 12.0 Å². The van der Waals surface area contributed by atoms with Crippen LogP contribution in [0.5, 0.6) is 5.75 Å². The molecule has 1 aliphatic rings. The molecule has 0 saturated carbocycles.